The Kier molecular flexibility index (Phi) is 11.1. The third kappa shape index (κ3) is 9.32. The summed E-state index contributed by atoms with van der Waals surface area (Å²) < 4.78 is 11.2. The first kappa shape index (κ1) is 28.9. The monoisotopic (exact) mass is 531 g/mol. The number of nitrogens with two attached hydrogens (primary N) is 1. The van der Waals surface area contributed by atoms with Crippen molar-refractivity contribution in [3.8, 4) is 5.75 Å². The number of anilines is 2. The predicted molar refractivity (Wildman–Crippen MR) is 149 cm³/mol. The maximum Gasteiger partial charge on any atom is 0.414 e. The SMILES string of the molecule is C[C@H](CC/C=C/C(=O)Nc1ccccc1N)[C@@H](OC(=O)NC(=O)c1ccccc1)c1cccc(OCCO)c1. The van der Waals surface area contributed by atoms with E-state index in [1.165, 1.54) is 6.08 Å². The van der Waals surface area contributed by atoms with E-state index in [9.17, 15) is 14.4 Å². The number of para-hydroxylation sites is 2. The van der Waals surface area contributed by atoms with Gasteiger partial charge < -0.3 is 25.6 Å². The fourth-order valence-electron chi connectivity index (χ4n) is 3.84. The number of nitrogen functional groups attached to an aromatic ring is 1. The van der Waals surface area contributed by atoms with Crippen LogP contribution in [0.3, 0.4) is 0 Å². The Balaban J connectivity index is 1.66. The number of carbonyl (C=O) groups excluding carboxylic acids is 3. The number of ether oxygens (including phenoxy) is 2. The summed E-state index contributed by atoms with van der Waals surface area (Å²) in [5.74, 6) is -0.547. The molecule has 39 heavy (non-hydrogen) atoms. The molecule has 9 heteroatoms. The number of carbonyl (C=O) groups is 3. The van der Waals surface area contributed by atoms with Gasteiger partial charge in [0.05, 0.1) is 18.0 Å². The standard InChI is InChI=1S/C30H33N3O6/c1-21(10-5-8-17-27(35)32-26-16-7-6-15-25(26)31)28(23-13-9-14-24(20-23)38-19-18-34)39-30(37)33-29(36)22-11-3-2-4-12-22/h2-4,6-9,11-17,20-21,28,34H,5,10,18-19,31H2,1H3,(H,32,35)(H,33,36,37)/b17-8+/t21-,28-/m1/s1. The van der Waals surface area contributed by atoms with Crippen LogP contribution in [-0.4, -0.2) is 36.2 Å². The molecule has 0 aliphatic carbocycles. The Morgan fingerprint density at radius 2 is 1.74 bits per heavy atom. The first-order chi connectivity index (χ1) is 18.9. The zero-order valence-electron chi connectivity index (χ0n) is 21.7. The lowest BCUT2D eigenvalue weighted by Gasteiger charge is -2.25. The van der Waals surface area contributed by atoms with Gasteiger partial charge in [0.2, 0.25) is 5.91 Å². The molecular formula is C30H33N3O6. The summed E-state index contributed by atoms with van der Waals surface area (Å²) in [6.45, 7) is 1.90. The van der Waals surface area contributed by atoms with Crippen LogP contribution in [0.1, 0.15) is 41.8 Å². The number of aliphatic hydroxyl groups is 1. The molecule has 2 atom stereocenters. The number of alkyl carbamates (subject to hydrolysis) is 1. The first-order valence-corrected chi connectivity index (χ1v) is 12.6. The van der Waals surface area contributed by atoms with Gasteiger partial charge in [-0.1, -0.05) is 55.5 Å². The molecule has 0 saturated carbocycles. The summed E-state index contributed by atoms with van der Waals surface area (Å²) in [6, 6.07) is 22.4. The number of aliphatic hydroxyl groups excluding tert-OH is 1. The number of hydrogen-bond donors (Lipinski definition) is 4. The van der Waals surface area contributed by atoms with E-state index in [1.54, 1.807) is 84.9 Å². The van der Waals surface area contributed by atoms with E-state index in [4.69, 9.17) is 20.3 Å². The minimum atomic E-state index is -0.877. The molecule has 0 spiro atoms. The van der Waals surface area contributed by atoms with Crippen molar-refractivity contribution in [2.24, 2.45) is 5.92 Å². The Bertz CT molecular complexity index is 1280. The largest absolute Gasteiger partial charge is 0.491 e. The van der Waals surface area contributed by atoms with Crippen LogP contribution in [0.15, 0.2) is 91.0 Å². The molecule has 0 heterocycles. The van der Waals surface area contributed by atoms with E-state index in [0.29, 0.717) is 41.1 Å². The van der Waals surface area contributed by atoms with Crippen LogP contribution in [-0.2, 0) is 9.53 Å². The van der Waals surface area contributed by atoms with E-state index >= 15 is 0 Å². The maximum atomic E-state index is 12.7. The molecule has 204 valence electrons. The molecular weight excluding hydrogens is 498 g/mol. The first-order valence-electron chi connectivity index (χ1n) is 12.6. The van der Waals surface area contributed by atoms with Gasteiger partial charge >= 0.3 is 6.09 Å². The molecule has 3 rings (SSSR count). The van der Waals surface area contributed by atoms with Crippen molar-refractivity contribution in [2.45, 2.75) is 25.9 Å². The van der Waals surface area contributed by atoms with Gasteiger partial charge in [0.25, 0.3) is 5.91 Å². The van der Waals surface area contributed by atoms with Gasteiger partial charge in [0, 0.05) is 5.56 Å². The summed E-state index contributed by atoms with van der Waals surface area (Å²) in [4.78, 5) is 37.4. The van der Waals surface area contributed by atoms with Crippen molar-refractivity contribution in [1.29, 1.82) is 0 Å². The number of nitrogens with one attached hydrogen (secondary N) is 2. The van der Waals surface area contributed by atoms with E-state index in [-0.39, 0.29) is 25.0 Å². The molecule has 3 amide bonds. The highest BCUT2D eigenvalue weighted by Crippen LogP contribution is 2.31. The smallest absolute Gasteiger partial charge is 0.414 e. The number of amides is 3. The summed E-state index contributed by atoms with van der Waals surface area (Å²) in [5, 5.41) is 14.1. The van der Waals surface area contributed by atoms with Crippen LogP contribution in [0.2, 0.25) is 0 Å². The van der Waals surface area contributed by atoms with Crippen LogP contribution in [0, 0.1) is 5.92 Å². The highest BCUT2D eigenvalue weighted by molar-refractivity contribution is 6.03. The van der Waals surface area contributed by atoms with E-state index in [1.807, 2.05) is 6.92 Å². The molecule has 0 saturated heterocycles. The Labute approximate surface area is 227 Å². The van der Waals surface area contributed by atoms with Crippen molar-refractivity contribution in [1.82, 2.24) is 5.32 Å². The highest BCUT2D eigenvalue weighted by atomic mass is 16.6. The molecule has 0 aliphatic rings. The van der Waals surface area contributed by atoms with E-state index in [2.05, 4.69) is 10.6 Å². The zero-order valence-corrected chi connectivity index (χ0v) is 21.7. The van der Waals surface area contributed by atoms with Crippen molar-refractivity contribution in [3.63, 3.8) is 0 Å². The van der Waals surface area contributed by atoms with Crippen LogP contribution < -0.4 is 21.1 Å². The highest BCUT2D eigenvalue weighted by Gasteiger charge is 2.25. The summed E-state index contributed by atoms with van der Waals surface area (Å²) >= 11 is 0. The molecule has 0 fully saturated rings. The second-order valence-corrected chi connectivity index (χ2v) is 8.82. The normalized spacial score (nSPS) is 12.4. The van der Waals surface area contributed by atoms with Gasteiger partial charge in [0.1, 0.15) is 18.5 Å². The van der Waals surface area contributed by atoms with Crippen LogP contribution in [0.25, 0.3) is 0 Å². The second kappa shape index (κ2) is 14.9. The van der Waals surface area contributed by atoms with Gasteiger partial charge in [-0.05, 0) is 66.8 Å². The summed E-state index contributed by atoms with van der Waals surface area (Å²) in [5.41, 5.74) is 7.87. The summed E-state index contributed by atoms with van der Waals surface area (Å²) in [6.07, 6.45) is 2.69. The fourth-order valence-corrected chi connectivity index (χ4v) is 3.84. The molecule has 0 unspecified atom stereocenters. The van der Waals surface area contributed by atoms with Gasteiger partial charge in [-0.2, -0.15) is 0 Å². The lowest BCUT2D eigenvalue weighted by molar-refractivity contribution is -0.111. The third-order valence-electron chi connectivity index (χ3n) is 5.83. The van der Waals surface area contributed by atoms with Gasteiger partial charge in [-0.25, -0.2) is 4.79 Å². The van der Waals surface area contributed by atoms with E-state index in [0.717, 1.165) is 0 Å². The van der Waals surface area contributed by atoms with Gasteiger partial charge in [0.15, 0.2) is 0 Å². The minimum absolute atomic E-state index is 0.123. The lowest BCUT2D eigenvalue weighted by atomic mass is 9.93. The third-order valence-corrected chi connectivity index (χ3v) is 5.83. The Morgan fingerprint density at radius 1 is 1.00 bits per heavy atom. The van der Waals surface area contributed by atoms with Crippen molar-refractivity contribution >= 4 is 29.3 Å². The molecule has 3 aromatic rings. The lowest BCUT2D eigenvalue weighted by Crippen LogP contribution is -2.33. The maximum absolute atomic E-state index is 12.7. The van der Waals surface area contributed by atoms with E-state index < -0.39 is 18.1 Å². The molecule has 0 aliphatic heterocycles. The van der Waals surface area contributed by atoms with Crippen LogP contribution in [0.5, 0.6) is 5.75 Å². The van der Waals surface area contributed by atoms with Crippen LogP contribution >= 0.6 is 0 Å². The number of benzene rings is 3. The molecule has 5 N–H and O–H groups in total. The quantitative estimate of drug-likeness (QED) is 0.193. The number of imide groups is 1. The van der Waals surface area contributed by atoms with Gasteiger partial charge in [-0.15, -0.1) is 0 Å². The Hall–Kier alpha value is -4.63. The predicted octanol–water partition coefficient (Wildman–Crippen LogP) is 4.86. The number of allylic oxidation sites excluding steroid dienone is 1. The van der Waals surface area contributed by atoms with Crippen molar-refractivity contribution in [2.75, 3.05) is 24.3 Å². The minimum Gasteiger partial charge on any atom is -0.491 e. The topological polar surface area (TPSA) is 140 Å². The zero-order chi connectivity index (χ0) is 28.0. The summed E-state index contributed by atoms with van der Waals surface area (Å²) in [7, 11) is 0. The molecule has 9 nitrogen and oxygen atoms in total. The Morgan fingerprint density at radius 3 is 2.49 bits per heavy atom. The van der Waals surface area contributed by atoms with Crippen molar-refractivity contribution in [3.05, 3.63) is 102 Å². The average molecular weight is 532 g/mol. The average Bonchev–Trinajstić information content (AvgIpc) is 2.94. The second-order valence-electron chi connectivity index (χ2n) is 8.82. The van der Waals surface area contributed by atoms with Crippen LogP contribution in [0.4, 0.5) is 16.2 Å². The number of hydrogen-bond acceptors (Lipinski definition) is 7. The fraction of sp³-hybridized carbons (Fsp3) is 0.233. The molecule has 0 radical (unpaired) electrons. The van der Waals surface area contributed by atoms with Gasteiger partial charge in [-0.3, -0.25) is 14.9 Å². The molecule has 0 aromatic heterocycles. The molecule has 3 aromatic carbocycles. The molecule has 0 bridgehead atoms. The van der Waals surface area contributed by atoms with Crippen molar-refractivity contribution < 1.29 is 29.0 Å². The number of rotatable bonds is 12.